The number of morpholine rings is 1. The molecule has 3 aromatic rings. The number of nitrogens with zero attached hydrogens (tertiary/aromatic N) is 5. The molecule has 1 amide bonds. The number of imidazole rings is 1. The molecule has 134 valence electrons. The van der Waals surface area contributed by atoms with Crippen molar-refractivity contribution in [2.24, 2.45) is 7.05 Å². The summed E-state index contributed by atoms with van der Waals surface area (Å²) in [6.07, 6.45) is 5.71. The van der Waals surface area contributed by atoms with Crippen LogP contribution in [0.5, 0.6) is 0 Å². The van der Waals surface area contributed by atoms with Gasteiger partial charge in [-0.3, -0.25) is 14.8 Å². The van der Waals surface area contributed by atoms with Crippen molar-refractivity contribution in [3.63, 3.8) is 0 Å². The highest BCUT2D eigenvalue weighted by molar-refractivity contribution is 5.84. The van der Waals surface area contributed by atoms with E-state index in [0.29, 0.717) is 32.7 Å². The van der Waals surface area contributed by atoms with Gasteiger partial charge in [-0.05, 0) is 19.1 Å². The lowest BCUT2D eigenvalue weighted by molar-refractivity contribution is -0.134. The lowest BCUT2D eigenvalue weighted by Gasteiger charge is -2.26. The van der Waals surface area contributed by atoms with Crippen molar-refractivity contribution in [2.45, 2.75) is 13.3 Å². The molecule has 0 N–H and O–H groups in total. The largest absolute Gasteiger partial charge is 0.378 e. The second-order valence-corrected chi connectivity index (χ2v) is 6.51. The fraction of sp³-hybridized carbons (Fsp3) is 0.368. The van der Waals surface area contributed by atoms with Crippen LogP contribution in [0.2, 0.25) is 0 Å². The summed E-state index contributed by atoms with van der Waals surface area (Å²) in [5.74, 6) is 1.04. The van der Waals surface area contributed by atoms with Crippen molar-refractivity contribution < 1.29 is 9.53 Å². The molecule has 0 saturated carbocycles. The van der Waals surface area contributed by atoms with E-state index in [0.717, 1.165) is 33.7 Å². The third kappa shape index (κ3) is 3.17. The maximum atomic E-state index is 12.4. The Labute approximate surface area is 151 Å². The molecule has 0 spiro atoms. The lowest BCUT2D eigenvalue weighted by atomic mass is 10.1. The van der Waals surface area contributed by atoms with Crippen molar-refractivity contribution in [2.75, 3.05) is 26.3 Å². The van der Waals surface area contributed by atoms with E-state index in [1.54, 1.807) is 6.20 Å². The summed E-state index contributed by atoms with van der Waals surface area (Å²) in [6, 6.07) is 4.02. The number of pyridine rings is 2. The first kappa shape index (κ1) is 16.7. The van der Waals surface area contributed by atoms with E-state index < -0.39 is 0 Å². The van der Waals surface area contributed by atoms with Gasteiger partial charge in [-0.1, -0.05) is 0 Å². The highest BCUT2D eigenvalue weighted by Gasteiger charge is 2.18. The zero-order valence-electron chi connectivity index (χ0n) is 15.0. The van der Waals surface area contributed by atoms with Crippen LogP contribution in [0.4, 0.5) is 0 Å². The van der Waals surface area contributed by atoms with E-state index in [9.17, 15) is 4.79 Å². The Morgan fingerprint density at radius 3 is 2.65 bits per heavy atom. The van der Waals surface area contributed by atoms with Crippen LogP contribution in [0.3, 0.4) is 0 Å². The van der Waals surface area contributed by atoms with Crippen LogP contribution in [0.15, 0.2) is 30.7 Å². The average Bonchev–Trinajstić information content (AvgIpc) is 3.00. The molecular weight excluding hydrogens is 330 g/mol. The molecule has 26 heavy (non-hydrogen) atoms. The topological polar surface area (TPSA) is 73.1 Å². The minimum atomic E-state index is 0.0894. The van der Waals surface area contributed by atoms with Gasteiger partial charge in [-0.25, -0.2) is 4.98 Å². The van der Waals surface area contributed by atoms with E-state index in [1.165, 1.54) is 0 Å². The van der Waals surface area contributed by atoms with Crippen LogP contribution in [-0.4, -0.2) is 56.6 Å². The number of fused-ring (bicyclic) bond motifs is 1. The summed E-state index contributed by atoms with van der Waals surface area (Å²) in [6.45, 7) is 4.48. The molecule has 0 atom stereocenters. The van der Waals surface area contributed by atoms with E-state index >= 15 is 0 Å². The zero-order valence-corrected chi connectivity index (χ0v) is 15.0. The smallest absolute Gasteiger partial charge is 0.228 e. The van der Waals surface area contributed by atoms with Gasteiger partial charge in [0.2, 0.25) is 5.91 Å². The van der Waals surface area contributed by atoms with Crippen LogP contribution in [0.1, 0.15) is 11.5 Å². The molecule has 1 saturated heterocycles. The first-order valence-electron chi connectivity index (χ1n) is 8.71. The number of amides is 1. The Morgan fingerprint density at radius 2 is 1.92 bits per heavy atom. The van der Waals surface area contributed by atoms with Crippen molar-refractivity contribution in [1.29, 1.82) is 0 Å². The molecule has 7 nitrogen and oxygen atoms in total. The van der Waals surface area contributed by atoms with E-state index in [-0.39, 0.29) is 5.91 Å². The van der Waals surface area contributed by atoms with Crippen LogP contribution in [-0.2, 0) is 23.0 Å². The fourth-order valence-electron chi connectivity index (χ4n) is 3.16. The van der Waals surface area contributed by atoms with Gasteiger partial charge >= 0.3 is 0 Å². The monoisotopic (exact) mass is 351 g/mol. The molecule has 3 aromatic heterocycles. The Bertz CT molecular complexity index is 960. The number of carbonyl (C=O) groups is 1. The molecule has 1 fully saturated rings. The Kier molecular flexibility index (Phi) is 4.38. The van der Waals surface area contributed by atoms with E-state index in [1.807, 2.05) is 41.9 Å². The molecule has 4 heterocycles. The van der Waals surface area contributed by atoms with Gasteiger partial charge in [0.1, 0.15) is 5.82 Å². The second kappa shape index (κ2) is 6.84. The van der Waals surface area contributed by atoms with Crippen LogP contribution in [0.25, 0.3) is 22.2 Å². The highest BCUT2D eigenvalue weighted by atomic mass is 16.5. The quantitative estimate of drug-likeness (QED) is 0.719. The number of ether oxygens (including phenoxy) is 1. The van der Waals surface area contributed by atoms with Crippen molar-refractivity contribution in [1.82, 2.24) is 24.4 Å². The van der Waals surface area contributed by atoms with E-state index in [2.05, 4.69) is 21.0 Å². The van der Waals surface area contributed by atoms with Crippen molar-refractivity contribution >= 4 is 16.8 Å². The molecule has 7 heteroatoms. The SMILES string of the molecule is Cc1ncc(-c2cnc3cnc(CC(=O)N4CCOCC4)cc3c2)n1C. The van der Waals surface area contributed by atoms with E-state index in [4.69, 9.17) is 4.74 Å². The van der Waals surface area contributed by atoms with Gasteiger partial charge in [-0.15, -0.1) is 0 Å². The molecule has 0 radical (unpaired) electrons. The average molecular weight is 351 g/mol. The van der Waals surface area contributed by atoms with Crippen molar-refractivity contribution in [3.8, 4) is 11.3 Å². The van der Waals surface area contributed by atoms with Gasteiger partial charge in [0, 0.05) is 37.3 Å². The van der Waals surface area contributed by atoms with Crippen LogP contribution < -0.4 is 0 Å². The minimum Gasteiger partial charge on any atom is -0.378 e. The maximum Gasteiger partial charge on any atom is 0.228 e. The molecule has 0 aliphatic carbocycles. The Hall–Kier alpha value is -2.80. The van der Waals surface area contributed by atoms with Crippen LogP contribution >= 0.6 is 0 Å². The predicted molar refractivity (Wildman–Crippen MR) is 97.6 cm³/mol. The van der Waals surface area contributed by atoms with Gasteiger partial charge in [0.05, 0.1) is 48.9 Å². The number of hydrogen-bond donors (Lipinski definition) is 0. The number of hydrogen-bond acceptors (Lipinski definition) is 5. The maximum absolute atomic E-state index is 12.4. The molecule has 4 rings (SSSR count). The predicted octanol–water partition coefficient (Wildman–Crippen LogP) is 1.74. The fourth-order valence-corrected chi connectivity index (χ4v) is 3.16. The number of carbonyl (C=O) groups excluding carboxylic acids is 1. The molecule has 0 bridgehead atoms. The zero-order chi connectivity index (χ0) is 18.1. The first-order chi connectivity index (χ1) is 12.6. The minimum absolute atomic E-state index is 0.0894. The number of rotatable bonds is 3. The van der Waals surface area contributed by atoms with Crippen molar-refractivity contribution in [3.05, 3.63) is 42.2 Å². The summed E-state index contributed by atoms with van der Waals surface area (Å²) in [7, 11) is 1.99. The van der Waals surface area contributed by atoms with Gasteiger partial charge in [0.15, 0.2) is 0 Å². The Morgan fingerprint density at radius 1 is 1.12 bits per heavy atom. The Balaban J connectivity index is 1.61. The third-order valence-electron chi connectivity index (χ3n) is 4.84. The molecule has 1 aliphatic heterocycles. The summed E-state index contributed by atoms with van der Waals surface area (Å²) in [5, 5.41) is 0.973. The van der Waals surface area contributed by atoms with Gasteiger partial charge in [-0.2, -0.15) is 0 Å². The summed E-state index contributed by atoms with van der Waals surface area (Å²) in [4.78, 5) is 27.5. The molecule has 0 unspecified atom stereocenters. The second-order valence-electron chi connectivity index (χ2n) is 6.51. The molecular formula is C19H21N5O2. The normalized spacial score (nSPS) is 14.8. The molecule has 0 aromatic carbocycles. The van der Waals surface area contributed by atoms with Gasteiger partial charge < -0.3 is 14.2 Å². The van der Waals surface area contributed by atoms with Gasteiger partial charge in [0.25, 0.3) is 0 Å². The first-order valence-corrected chi connectivity index (χ1v) is 8.71. The standard InChI is InChI=1S/C19H21N5O2/c1-13-20-12-18(23(13)2)15-7-14-8-16(21-11-17(14)22-10-15)9-19(25)24-3-5-26-6-4-24/h7-8,10-12H,3-6,9H2,1-2H3. The van der Waals surface area contributed by atoms with Crippen LogP contribution in [0, 0.1) is 6.92 Å². The number of aromatic nitrogens is 4. The highest BCUT2D eigenvalue weighted by Crippen LogP contribution is 2.23. The lowest BCUT2D eigenvalue weighted by Crippen LogP contribution is -2.41. The third-order valence-corrected chi connectivity index (χ3v) is 4.84. The summed E-state index contributed by atoms with van der Waals surface area (Å²) < 4.78 is 7.33. The summed E-state index contributed by atoms with van der Waals surface area (Å²) in [5.41, 5.74) is 3.58. The molecule has 1 aliphatic rings. The summed E-state index contributed by atoms with van der Waals surface area (Å²) >= 11 is 0. The number of aryl methyl sites for hydroxylation is 1.